The van der Waals surface area contributed by atoms with E-state index in [0.29, 0.717) is 13.1 Å². The standard InChI is InChI=1S/C14H24N2O5/c1-9(17)10-3-5-16(6-4-10)14(20)15(2)12-8-21-7-11(12)13(18)19/h9-12,17H,3-8H2,1-2H3,(H,18,19). The number of hydrogen-bond acceptors (Lipinski definition) is 4. The second kappa shape index (κ2) is 6.62. The van der Waals surface area contributed by atoms with Gasteiger partial charge in [-0.25, -0.2) is 4.79 Å². The third kappa shape index (κ3) is 3.47. The fourth-order valence-corrected chi connectivity index (χ4v) is 3.10. The Bertz CT molecular complexity index is 393. The summed E-state index contributed by atoms with van der Waals surface area (Å²) in [5.74, 6) is -1.35. The van der Waals surface area contributed by atoms with Crippen LogP contribution in [0.4, 0.5) is 4.79 Å². The van der Waals surface area contributed by atoms with Crippen molar-refractivity contribution in [1.29, 1.82) is 0 Å². The summed E-state index contributed by atoms with van der Waals surface area (Å²) in [4.78, 5) is 26.9. The minimum atomic E-state index is -0.926. The normalized spacial score (nSPS) is 28.4. The van der Waals surface area contributed by atoms with Crippen molar-refractivity contribution in [3.63, 3.8) is 0 Å². The van der Waals surface area contributed by atoms with Gasteiger partial charge in [0, 0.05) is 20.1 Å². The number of urea groups is 1. The predicted molar refractivity (Wildman–Crippen MR) is 74.9 cm³/mol. The van der Waals surface area contributed by atoms with Crippen LogP contribution in [0.15, 0.2) is 0 Å². The van der Waals surface area contributed by atoms with E-state index in [0.717, 1.165) is 12.8 Å². The van der Waals surface area contributed by atoms with E-state index in [1.807, 2.05) is 0 Å². The molecule has 7 heteroatoms. The summed E-state index contributed by atoms with van der Waals surface area (Å²) in [7, 11) is 1.64. The largest absolute Gasteiger partial charge is 0.481 e. The minimum absolute atomic E-state index is 0.152. The zero-order valence-corrected chi connectivity index (χ0v) is 12.6. The van der Waals surface area contributed by atoms with Crippen molar-refractivity contribution in [2.75, 3.05) is 33.4 Å². The molecule has 2 fully saturated rings. The van der Waals surface area contributed by atoms with Gasteiger partial charge >= 0.3 is 12.0 Å². The first-order valence-corrected chi connectivity index (χ1v) is 7.42. The highest BCUT2D eigenvalue weighted by molar-refractivity contribution is 5.77. The van der Waals surface area contributed by atoms with E-state index in [2.05, 4.69) is 0 Å². The number of carbonyl (C=O) groups excluding carboxylic acids is 1. The van der Waals surface area contributed by atoms with Crippen LogP contribution >= 0.6 is 0 Å². The number of nitrogens with zero attached hydrogens (tertiary/aromatic N) is 2. The molecule has 2 aliphatic heterocycles. The van der Waals surface area contributed by atoms with Crippen molar-refractivity contribution < 1.29 is 24.5 Å². The fraction of sp³-hybridized carbons (Fsp3) is 0.857. The number of aliphatic hydroxyl groups is 1. The lowest BCUT2D eigenvalue weighted by Gasteiger charge is -2.37. The average Bonchev–Trinajstić information content (AvgIpc) is 2.95. The number of carboxylic acids is 1. The summed E-state index contributed by atoms with van der Waals surface area (Å²) in [5.41, 5.74) is 0. The van der Waals surface area contributed by atoms with Crippen LogP contribution in [0.5, 0.6) is 0 Å². The molecule has 0 aliphatic carbocycles. The molecule has 3 atom stereocenters. The van der Waals surface area contributed by atoms with Crippen LogP contribution in [0.1, 0.15) is 19.8 Å². The van der Waals surface area contributed by atoms with Crippen LogP contribution in [-0.2, 0) is 9.53 Å². The second-order valence-electron chi connectivity index (χ2n) is 6.01. The summed E-state index contributed by atoms with van der Waals surface area (Å²) < 4.78 is 5.21. The second-order valence-corrected chi connectivity index (χ2v) is 6.01. The van der Waals surface area contributed by atoms with Crippen molar-refractivity contribution in [1.82, 2.24) is 9.80 Å². The number of piperidine rings is 1. The van der Waals surface area contributed by atoms with Crippen molar-refractivity contribution in [2.24, 2.45) is 11.8 Å². The molecule has 0 radical (unpaired) electrons. The molecule has 7 nitrogen and oxygen atoms in total. The van der Waals surface area contributed by atoms with E-state index in [9.17, 15) is 14.7 Å². The van der Waals surface area contributed by atoms with Crippen LogP contribution < -0.4 is 0 Å². The van der Waals surface area contributed by atoms with Crippen LogP contribution in [0.3, 0.4) is 0 Å². The van der Waals surface area contributed by atoms with Gasteiger partial charge in [-0.15, -0.1) is 0 Å². The summed E-state index contributed by atoms with van der Waals surface area (Å²) in [5, 5.41) is 18.7. The first-order chi connectivity index (χ1) is 9.91. The number of carboxylic acid groups (broad SMARTS) is 1. The van der Waals surface area contributed by atoms with Gasteiger partial charge in [0.05, 0.1) is 25.4 Å². The number of hydrogen-bond donors (Lipinski definition) is 2. The lowest BCUT2D eigenvalue weighted by atomic mass is 9.92. The molecular weight excluding hydrogens is 276 g/mol. The monoisotopic (exact) mass is 300 g/mol. The number of carbonyl (C=O) groups is 2. The molecule has 0 saturated carbocycles. The first-order valence-electron chi connectivity index (χ1n) is 7.42. The molecule has 3 unspecified atom stereocenters. The summed E-state index contributed by atoms with van der Waals surface area (Å²) in [6.45, 7) is 3.40. The SMILES string of the molecule is CC(O)C1CCN(C(=O)N(C)C2COCC2C(=O)O)CC1. The molecule has 21 heavy (non-hydrogen) atoms. The number of likely N-dealkylation sites (N-methyl/N-ethyl adjacent to an activating group) is 1. The molecule has 0 bridgehead atoms. The van der Waals surface area contributed by atoms with Gasteiger partial charge in [-0.05, 0) is 25.7 Å². The van der Waals surface area contributed by atoms with Gasteiger partial charge < -0.3 is 24.7 Å². The highest BCUT2D eigenvalue weighted by Gasteiger charge is 2.40. The van der Waals surface area contributed by atoms with Gasteiger partial charge in [0.15, 0.2) is 0 Å². The zero-order chi connectivity index (χ0) is 15.6. The van der Waals surface area contributed by atoms with Gasteiger partial charge in [0.1, 0.15) is 5.92 Å². The maximum absolute atomic E-state index is 12.5. The Morgan fingerprint density at radius 1 is 1.29 bits per heavy atom. The molecular formula is C14H24N2O5. The average molecular weight is 300 g/mol. The van der Waals surface area contributed by atoms with Crippen LogP contribution in [0.25, 0.3) is 0 Å². The molecule has 0 aromatic heterocycles. The summed E-state index contributed by atoms with van der Waals surface area (Å²) in [6.07, 6.45) is 1.21. The number of aliphatic carboxylic acids is 1. The summed E-state index contributed by atoms with van der Waals surface area (Å²) in [6, 6.07) is -0.565. The Balaban J connectivity index is 1.92. The smallest absolute Gasteiger partial charge is 0.320 e. The highest BCUT2D eigenvalue weighted by Crippen LogP contribution is 2.24. The van der Waals surface area contributed by atoms with E-state index in [4.69, 9.17) is 9.84 Å². The molecule has 2 aliphatic rings. The molecule has 120 valence electrons. The molecule has 2 heterocycles. The van der Waals surface area contributed by atoms with Gasteiger partial charge in [0.2, 0.25) is 0 Å². The number of rotatable bonds is 3. The van der Waals surface area contributed by atoms with E-state index in [-0.39, 0.29) is 31.3 Å². The molecule has 0 aromatic rings. The number of amides is 2. The number of aliphatic hydroxyl groups excluding tert-OH is 1. The maximum Gasteiger partial charge on any atom is 0.320 e. The Kier molecular flexibility index (Phi) is 5.05. The van der Waals surface area contributed by atoms with Crippen molar-refractivity contribution >= 4 is 12.0 Å². The molecule has 2 saturated heterocycles. The van der Waals surface area contributed by atoms with Gasteiger partial charge in [-0.3, -0.25) is 4.79 Å². The van der Waals surface area contributed by atoms with E-state index >= 15 is 0 Å². The molecule has 2 rings (SSSR count). The Morgan fingerprint density at radius 2 is 1.90 bits per heavy atom. The molecule has 2 N–H and O–H groups in total. The van der Waals surface area contributed by atoms with Gasteiger partial charge in [0.25, 0.3) is 0 Å². The number of ether oxygens (including phenoxy) is 1. The predicted octanol–water partition coefficient (Wildman–Crippen LogP) is 0.231. The van der Waals surface area contributed by atoms with Crippen molar-refractivity contribution in [3.05, 3.63) is 0 Å². The van der Waals surface area contributed by atoms with Crippen LogP contribution in [0, 0.1) is 11.8 Å². The third-order valence-corrected chi connectivity index (χ3v) is 4.66. The molecule has 0 aromatic carbocycles. The molecule has 2 amide bonds. The zero-order valence-electron chi connectivity index (χ0n) is 12.6. The fourth-order valence-electron chi connectivity index (χ4n) is 3.10. The van der Waals surface area contributed by atoms with Crippen LogP contribution in [0.2, 0.25) is 0 Å². The van der Waals surface area contributed by atoms with Crippen LogP contribution in [-0.4, -0.2) is 77.5 Å². The number of likely N-dealkylation sites (tertiary alicyclic amines) is 1. The molecule has 0 spiro atoms. The Morgan fingerprint density at radius 3 is 2.43 bits per heavy atom. The van der Waals surface area contributed by atoms with E-state index in [1.54, 1.807) is 18.9 Å². The quantitative estimate of drug-likeness (QED) is 0.779. The first kappa shape index (κ1) is 16.0. The Labute approximate surface area is 124 Å². The van der Waals surface area contributed by atoms with Crippen molar-refractivity contribution in [2.45, 2.75) is 31.9 Å². The lowest BCUT2D eigenvalue weighted by Crippen LogP contribution is -2.52. The van der Waals surface area contributed by atoms with E-state index in [1.165, 1.54) is 4.90 Å². The maximum atomic E-state index is 12.5. The summed E-state index contributed by atoms with van der Waals surface area (Å²) >= 11 is 0. The topological polar surface area (TPSA) is 90.3 Å². The van der Waals surface area contributed by atoms with Gasteiger partial charge in [-0.1, -0.05) is 0 Å². The van der Waals surface area contributed by atoms with E-state index < -0.39 is 17.9 Å². The van der Waals surface area contributed by atoms with Gasteiger partial charge in [-0.2, -0.15) is 0 Å². The Hall–Kier alpha value is -1.34. The lowest BCUT2D eigenvalue weighted by molar-refractivity contribution is -0.142. The third-order valence-electron chi connectivity index (χ3n) is 4.66. The highest BCUT2D eigenvalue weighted by atomic mass is 16.5. The minimum Gasteiger partial charge on any atom is -0.481 e. The van der Waals surface area contributed by atoms with Crippen molar-refractivity contribution in [3.8, 4) is 0 Å².